The Labute approximate surface area is 188 Å². The largest absolute Gasteiger partial charge is 0.497 e. The number of pyridine rings is 1. The fourth-order valence-corrected chi connectivity index (χ4v) is 4.28. The molecule has 0 spiro atoms. The van der Waals surface area contributed by atoms with E-state index in [4.69, 9.17) is 20.2 Å². The van der Waals surface area contributed by atoms with Gasteiger partial charge in [0.15, 0.2) is 0 Å². The number of likely N-dealkylation sites (tertiary alicyclic amines) is 1. The van der Waals surface area contributed by atoms with Crippen LogP contribution in [0, 0.1) is 5.92 Å². The summed E-state index contributed by atoms with van der Waals surface area (Å²) in [4.78, 5) is 32.9. The van der Waals surface area contributed by atoms with Crippen LogP contribution in [0.2, 0.25) is 0 Å². The minimum atomic E-state index is -0.266. The summed E-state index contributed by atoms with van der Waals surface area (Å²) < 4.78 is 11.2. The van der Waals surface area contributed by atoms with Crippen molar-refractivity contribution < 1.29 is 19.1 Å². The van der Waals surface area contributed by atoms with Gasteiger partial charge in [-0.1, -0.05) is 6.07 Å². The summed E-state index contributed by atoms with van der Waals surface area (Å²) in [5, 5.41) is 0. The molecule has 1 atom stereocenters. The Morgan fingerprint density at radius 2 is 1.88 bits per heavy atom. The minimum Gasteiger partial charge on any atom is -0.497 e. The lowest BCUT2D eigenvalue weighted by Crippen LogP contribution is -2.48. The highest BCUT2D eigenvalue weighted by Crippen LogP contribution is 2.26. The third-order valence-electron chi connectivity index (χ3n) is 6.25. The predicted molar refractivity (Wildman–Crippen MR) is 120 cm³/mol. The molecule has 32 heavy (non-hydrogen) atoms. The highest BCUT2D eigenvalue weighted by molar-refractivity contribution is 5.80. The summed E-state index contributed by atoms with van der Waals surface area (Å²) in [6, 6.07) is 13.7. The summed E-state index contributed by atoms with van der Waals surface area (Å²) in [7, 11) is 1.65. The number of rotatable bonds is 6. The second kappa shape index (κ2) is 10.1. The first-order valence-corrected chi connectivity index (χ1v) is 11.1. The Balaban J connectivity index is 1.36. The molecular formula is C24H30N4O4. The van der Waals surface area contributed by atoms with Crippen LogP contribution >= 0.6 is 0 Å². The molecule has 1 aromatic heterocycles. The summed E-state index contributed by atoms with van der Waals surface area (Å²) in [6.45, 7) is 3.40. The van der Waals surface area contributed by atoms with Crippen LogP contribution in [0.15, 0.2) is 42.5 Å². The number of morpholine rings is 1. The van der Waals surface area contributed by atoms with Gasteiger partial charge in [0, 0.05) is 37.7 Å². The molecule has 2 aliphatic heterocycles. The molecule has 0 saturated carbocycles. The molecule has 8 heteroatoms. The van der Waals surface area contributed by atoms with Crippen molar-refractivity contribution in [1.82, 2.24) is 14.8 Å². The number of methoxy groups -OCH3 is 1. The van der Waals surface area contributed by atoms with Crippen molar-refractivity contribution >= 4 is 11.8 Å². The number of nitrogens with zero attached hydrogens (tertiary/aromatic N) is 3. The zero-order valence-electron chi connectivity index (χ0n) is 18.4. The van der Waals surface area contributed by atoms with E-state index in [1.807, 2.05) is 47.4 Å². The Bertz CT molecular complexity index is 941. The molecule has 0 aliphatic carbocycles. The van der Waals surface area contributed by atoms with Crippen LogP contribution in [0.25, 0.3) is 11.3 Å². The van der Waals surface area contributed by atoms with Crippen molar-refractivity contribution in [2.24, 2.45) is 11.7 Å². The predicted octanol–water partition coefficient (Wildman–Crippen LogP) is 1.85. The average Bonchev–Trinajstić information content (AvgIpc) is 2.84. The lowest BCUT2D eigenvalue weighted by Gasteiger charge is -2.35. The van der Waals surface area contributed by atoms with Gasteiger partial charge in [0.05, 0.1) is 31.6 Å². The fourth-order valence-electron chi connectivity index (χ4n) is 4.28. The number of hydrogen-bond acceptors (Lipinski definition) is 6. The molecule has 2 aliphatic rings. The molecule has 3 heterocycles. The minimum absolute atomic E-state index is 0.0912. The molecule has 2 saturated heterocycles. The molecule has 2 fully saturated rings. The first-order chi connectivity index (χ1) is 15.5. The summed E-state index contributed by atoms with van der Waals surface area (Å²) >= 11 is 0. The average molecular weight is 439 g/mol. The normalized spacial score (nSPS) is 20.2. The van der Waals surface area contributed by atoms with Gasteiger partial charge < -0.3 is 20.1 Å². The van der Waals surface area contributed by atoms with Gasteiger partial charge in [0.1, 0.15) is 11.9 Å². The number of primary amides is 1. The smallest absolute Gasteiger partial charge is 0.236 e. The summed E-state index contributed by atoms with van der Waals surface area (Å²) in [5.41, 5.74) is 8.14. The first-order valence-electron chi connectivity index (χ1n) is 11.1. The molecule has 2 aromatic rings. The molecule has 4 rings (SSSR count). The van der Waals surface area contributed by atoms with Gasteiger partial charge in [0.25, 0.3) is 0 Å². The molecular weight excluding hydrogens is 408 g/mol. The number of amides is 2. The topological polar surface area (TPSA) is 98.0 Å². The standard InChI is InChI=1S/C24H30N4O4/c1-31-19-7-5-17(6-8-19)20-3-2-4-21(26-20)22-15-27(13-14-32-22)16-23(29)28-11-9-18(10-12-28)24(25)30/h2-8,18,22H,9-16H2,1H3,(H2,25,30)/t22-/m0/s1. The third-order valence-corrected chi connectivity index (χ3v) is 6.25. The van der Waals surface area contributed by atoms with Crippen LogP contribution < -0.4 is 10.5 Å². The molecule has 0 bridgehead atoms. The molecule has 0 radical (unpaired) electrons. The molecule has 0 unspecified atom stereocenters. The Morgan fingerprint density at radius 1 is 1.12 bits per heavy atom. The number of aromatic nitrogens is 1. The Morgan fingerprint density at radius 3 is 2.56 bits per heavy atom. The fraction of sp³-hybridized carbons (Fsp3) is 0.458. The van der Waals surface area contributed by atoms with Gasteiger partial charge in [-0.2, -0.15) is 0 Å². The quantitative estimate of drug-likeness (QED) is 0.739. The van der Waals surface area contributed by atoms with Crippen molar-refractivity contribution in [3.63, 3.8) is 0 Å². The van der Waals surface area contributed by atoms with E-state index in [1.54, 1.807) is 7.11 Å². The van der Waals surface area contributed by atoms with Gasteiger partial charge in [-0.05, 0) is 49.2 Å². The highest BCUT2D eigenvalue weighted by atomic mass is 16.5. The maximum atomic E-state index is 12.8. The summed E-state index contributed by atoms with van der Waals surface area (Å²) in [6.07, 6.45) is 1.11. The second-order valence-corrected chi connectivity index (χ2v) is 8.33. The maximum Gasteiger partial charge on any atom is 0.236 e. The van der Waals surface area contributed by atoms with Gasteiger partial charge in [-0.3, -0.25) is 19.5 Å². The number of nitrogens with two attached hydrogens (primary N) is 1. The van der Waals surface area contributed by atoms with Crippen molar-refractivity contribution in [2.45, 2.75) is 18.9 Å². The van der Waals surface area contributed by atoms with E-state index >= 15 is 0 Å². The SMILES string of the molecule is COc1ccc(-c2cccc([C@@H]3CN(CC(=O)N4CCC(C(N)=O)CC4)CCO3)n2)cc1. The monoisotopic (exact) mass is 438 g/mol. The molecule has 2 amide bonds. The van der Waals surface area contributed by atoms with E-state index in [2.05, 4.69) is 4.90 Å². The first kappa shape index (κ1) is 22.2. The maximum absolute atomic E-state index is 12.8. The number of hydrogen-bond donors (Lipinski definition) is 1. The lowest BCUT2D eigenvalue weighted by atomic mass is 9.96. The van der Waals surface area contributed by atoms with Gasteiger partial charge in [-0.25, -0.2) is 0 Å². The third kappa shape index (κ3) is 5.26. The number of ether oxygens (including phenoxy) is 2. The van der Waals surface area contributed by atoms with E-state index < -0.39 is 0 Å². The van der Waals surface area contributed by atoms with Crippen molar-refractivity contribution in [3.8, 4) is 17.0 Å². The summed E-state index contributed by atoms with van der Waals surface area (Å²) in [5.74, 6) is 0.515. The molecule has 8 nitrogen and oxygen atoms in total. The Kier molecular flexibility index (Phi) is 7.02. The van der Waals surface area contributed by atoms with Gasteiger partial charge in [-0.15, -0.1) is 0 Å². The number of piperidine rings is 1. The van der Waals surface area contributed by atoms with Gasteiger partial charge in [0.2, 0.25) is 11.8 Å². The molecule has 170 valence electrons. The molecule has 2 N–H and O–H groups in total. The van der Waals surface area contributed by atoms with Gasteiger partial charge >= 0.3 is 0 Å². The van der Waals surface area contributed by atoms with Crippen molar-refractivity contribution in [2.75, 3.05) is 46.4 Å². The van der Waals surface area contributed by atoms with Crippen LogP contribution in [0.3, 0.4) is 0 Å². The number of carbonyl (C=O) groups excluding carboxylic acids is 2. The van der Waals surface area contributed by atoms with Crippen LogP contribution in [-0.4, -0.2) is 73.0 Å². The van der Waals surface area contributed by atoms with Crippen LogP contribution in [-0.2, 0) is 14.3 Å². The van der Waals surface area contributed by atoms with E-state index in [0.29, 0.717) is 52.2 Å². The van der Waals surface area contributed by atoms with Crippen molar-refractivity contribution in [1.29, 1.82) is 0 Å². The number of benzene rings is 1. The number of carbonyl (C=O) groups is 2. The van der Waals surface area contributed by atoms with Crippen LogP contribution in [0.5, 0.6) is 5.75 Å². The zero-order valence-corrected chi connectivity index (χ0v) is 18.4. The van der Waals surface area contributed by atoms with E-state index in [1.165, 1.54) is 0 Å². The highest BCUT2D eigenvalue weighted by Gasteiger charge is 2.29. The lowest BCUT2D eigenvalue weighted by molar-refractivity contribution is -0.137. The van der Waals surface area contributed by atoms with E-state index in [9.17, 15) is 9.59 Å². The van der Waals surface area contributed by atoms with Crippen molar-refractivity contribution in [3.05, 3.63) is 48.2 Å². The molecule has 1 aromatic carbocycles. The second-order valence-electron chi connectivity index (χ2n) is 8.33. The van der Waals surface area contributed by atoms with Crippen LogP contribution in [0.1, 0.15) is 24.6 Å². The van der Waals surface area contributed by atoms with Crippen LogP contribution in [0.4, 0.5) is 0 Å². The van der Waals surface area contributed by atoms with E-state index in [0.717, 1.165) is 22.7 Å². The Hall–Kier alpha value is -2.97. The van der Waals surface area contributed by atoms with E-state index in [-0.39, 0.29) is 23.8 Å². The zero-order chi connectivity index (χ0) is 22.5.